The van der Waals surface area contributed by atoms with E-state index < -0.39 is 4.92 Å². The Morgan fingerprint density at radius 3 is 2.86 bits per heavy atom. The van der Waals surface area contributed by atoms with Crippen molar-refractivity contribution in [3.8, 4) is 5.75 Å². The highest BCUT2D eigenvalue weighted by Gasteiger charge is 2.25. The molecule has 21 heavy (non-hydrogen) atoms. The SMILES string of the molecule is CCOC(=O)CN1CCCc2cc([N+](=O)[O-])c(OC)cc21. The van der Waals surface area contributed by atoms with Gasteiger partial charge in [-0.3, -0.25) is 14.9 Å². The minimum atomic E-state index is -0.455. The lowest BCUT2D eigenvalue weighted by molar-refractivity contribution is -0.385. The average Bonchev–Trinajstić information content (AvgIpc) is 2.46. The second-order valence-corrected chi connectivity index (χ2v) is 4.74. The van der Waals surface area contributed by atoms with E-state index in [2.05, 4.69) is 0 Å². The molecule has 1 heterocycles. The van der Waals surface area contributed by atoms with Gasteiger partial charge in [0.15, 0.2) is 5.75 Å². The Bertz CT molecular complexity index is 559. The molecule has 0 saturated carbocycles. The summed E-state index contributed by atoms with van der Waals surface area (Å²) in [5.41, 5.74) is 1.61. The molecule has 0 spiro atoms. The lowest BCUT2D eigenvalue weighted by Crippen LogP contribution is -2.35. The number of hydrogen-bond donors (Lipinski definition) is 0. The largest absolute Gasteiger partial charge is 0.490 e. The fourth-order valence-corrected chi connectivity index (χ4v) is 2.51. The monoisotopic (exact) mass is 294 g/mol. The molecule has 1 aromatic rings. The van der Waals surface area contributed by atoms with Gasteiger partial charge in [-0.25, -0.2) is 0 Å². The third kappa shape index (κ3) is 3.24. The van der Waals surface area contributed by atoms with Crippen LogP contribution in [-0.4, -0.2) is 37.7 Å². The summed E-state index contributed by atoms with van der Waals surface area (Å²) >= 11 is 0. The van der Waals surface area contributed by atoms with Crippen molar-refractivity contribution in [1.82, 2.24) is 0 Å². The summed E-state index contributed by atoms with van der Waals surface area (Å²) in [6.45, 7) is 2.95. The third-order valence-electron chi connectivity index (χ3n) is 3.42. The number of aryl methyl sites for hydroxylation is 1. The second-order valence-electron chi connectivity index (χ2n) is 4.74. The van der Waals surface area contributed by atoms with Crippen molar-refractivity contribution < 1.29 is 19.2 Å². The van der Waals surface area contributed by atoms with E-state index in [1.807, 2.05) is 4.90 Å². The third-order valence-corrected chi connectivity index (χ3v) is 3.42. The molecule has 0 atom stereocenters. The molecule has 0 unspecified atom stereocenters. The number of nitro groups is 1. The summed E-state index contributed by atoms with van der Waals surface area (Å²) in [6, 6.07) is 3.16. The number of rotatable bonds is 5. The van der Waals surface area contributed by atoms with Crippen LogP contribution in [0.5, 0.6) is 5.75 Å². The van der Waals surface area contributed by atoms with Gasteiger partial charge in [-0.1, -0.05) is 0 Å². The average molecular weight is 294 g/mol. The van der Waals surface area contributed by atoms with Crippen LogP contribution in [0.2, 0.25) is 0 Å². The highest BCUT2D eigenvalue weighted by molar-refractivity contribution is 5.77. The maximum absolute atomic E-state index is 11.6. The number of ether oxygens (including phenoxy) is 2. The van der Waals surface area contributed by atoms with Crippen LogP contribution in [0.4, 0.5) is 11.4 Å². The maximum Gasteiger partial charge on any atom is 0.325 e. The molecule has 114 valence electrons. The van der Waals surface area contributed by atoms with Crippen LogP contribution in [0.3, 0.4) is 0 Å². The van der Waals surface area contributed by atoms with Crippen LogP contribution in [-0.2, 0) is 16.0 Å². The Labute approximate surface area is 122 Å². The van der Waals surface area contributed by atoms with E-state index in [0.29, 0.717) is 13.2 Å². The van der Waals surface area contributed by atoms with Crippen LogP contribution in [0.15, 0.2) is 12.1 Å². The van der Waals surface area contributed by atoms with E-state index >= 15 is 0 Å². The van der Waals surface area contributed by atoms with Crippen molar-refractivity contribution in [2.75, 3.05) is 31.7 Å². The number of nitro benzene ring substituents is 1. The number of esters is 1. The molecule has 0 radical (unpaired) electrons. The number of fused-ring (bicyclic) bond motifs is 1. The van der Waals surface area contributed by atoms with Gasteiger partial charge in [-0.2, -0.15) is 0 Å². The van der Waals surface area contributed by atoms with Gasteiger partial charge >= 0.3 is 11.7 Å². The predicted molar refractivity (Wildman–Crippen MR) is 76.8 cm³/mol. The fraction of sp³-hybridized carbons (Fsp3) is 0.500. The molecule has 7 nitrogen and oxygen atoms in total. The first-order valence-corrected chi connectivity index (χ1v) is 6.82. The van der Waals surface area contributed by atoms with Crippen molar-refractivity contribution in [3.63, 3.8) is 0 Å². The van der Waals surface area contributed by atoms with Crippen LogP contribution in [0, 0.1) is 10.1 Å². The number of carbonyl (C=O) groups is 1. The minimum Gasteiger partial charge on any atom is -0.490 e. The Kier molecular flexibility index (Phi) is 4.62. The summed E-state index contributed by atoms with van der Waals surface area (Å²) in [5.74, 6) is -0.0998. The van der Waals surface area contributed by atoms with Crippen LogP contribution >= 0.6 is 0 Å². The van der Waals surface area contributed by atoms with Gasteiger partial charge in [-0.15, -0.1) is 0 Å². The van der Waals surface area contributed by atoms with Gasteiger partial charge < -0.3 is 14.4 Å². The van der Waals surface area contributed by atoms with E-state index in [0.717, 1.165) is 24.1 Å². The van der Waals surface area contributed by atoms with Crippen molar-refractivity contribution in [2.45, 2.75) is 19.8 Å². The molecule has 0 aromatic heterocycles. The highest BCUT2D eigenvalue weighted by Crippen LogP contribution is 2.37. The summed E-state index contributed by atoms with van der Waals surface area (Å²) < 4.78 is 10.0. The first kappa shape index (κ1) is 15.1. The number of anilines is 1. The molecular formula is C14H18N2O5. The molecule has 0 fully saturated rings. The van der Waals surface area contributed by atoms with Crippen molar-refractivity contribution in [3.05, 3.63) is 27.8 Å². The molecular weight excluding hydrogens is 276 g/mol. The topological polar surface area (TPSA) is 81.9 Å². The summed E-state index contributed by atoms with van der Waals surface area (Å²) in [6.07, 6.45) is 1.59. The van der Waals surface area contributed by atoms with Crippen molar-refractivity contribution >= 4 is 17.3 Å². The van der Waals surface area contributed by atoms with Gasteiger partial charge in [-0.05, 0) is 25.3 Å². The van der Waals surface area contributed by atoms with Crippen LogP contribution < -0.4 is 9.64 Å². The normalized spacial score (nSPS) is 13.5. The minimum absolute atomic E-state index is 0.0470. The quantitative estimate of drug-likeness (QED) is 0.469. The van der Waals surface area contributed by atoms with Crippen molar-refractivity contribution in [1.29, 1.82) is 0 Å². The Morgan fingerprint density at radius 2 is 2.24 bits per heavy atom. The van der Waals surface area contributed by atoms with E-state index in [-0.39, 0.29) is 24.0 Å². The summed E-state index contributed by atoms with van der Waals surface area (Å²) in [7, 11) is 1.40. The first-order valence-electron chi connectivity index (χ1n) is 6.82. The standard InChI is InChI=1S/C14H18N2O5/c1-3-21-14(17)9-15-6-4-5-10-7-12(16(18)19)13(20-2)8-11(10)15/h7-8H,3-6,9H2,1-2H3. The number of nitrogens with zero attached hydrogens (tertiary/aromatic N) is 2. The number of benzene rings is 1. The lowest BCUT2D eigenvalue weighted by Gasteiger charge is -2.30. The van der Waals surface area contributed by atoms with Crippen LogP contribution in [0.1, 0.15) is 18.9 Å². The van der Waals surface area contributed by atoms with E-state index in [9.17, 15) is 14.9 Å². The molecule has 2 rings (SSSR count). The van der Waals surface area contributed by atoms with E-state index in [4.69, 9.17) is 9.47 Å². The second kappa shape index (κ2) is 6.43. The molecule has 1 aromatic carbocycles. The van der Waals surface area contributed by atoms with Gasteiger partial charge in [0.2, 0.25) is 0 Å². The van der Waals surface area contributed by atoms with E-state index in [1.165, 1.54) is 13.2 Å². The summed E-state index contributed by atoms with van der Waals surface area (Å²) in [5, 5.41) is 11.0. The highest BCUT2D eigenvalue weighted by atomic mass is 16.6. The molecule has 7 heteroatoms. The number of carbonyl (C=O) groups excluding carboxylic acids is 1. The molecule has 1 aliphatic heterocycles. The van der Waals surface area contributed by atoms with Gasteiger partial charge in [0, 0.05) is 24.4 Å². The smallest absolute Gasteiger partial charge is 0.325 e. The molecule has 0 aliphatic carbocycles. The fourth-order valence-electron chi connectivity index (χ4n) is 2.51. The molecule has 0 saturated heterocycles. The number of hydrogen-bond acceptors (Lipinski definition) is 6. The maximum atomic E-state index is 11.6. The molecule has 0 amide bonds. The van der Waals surface area contributed by atoms with E-state index in [1.54, 1.807) is 13.0 Å². The zero-order chi connectivity index (χ0) is 15.4. The molecule has 1 aliphatic rings. The number of methoxy groups -OCH3 is 1. The summed E-state index contributed by atoms with van der Waals surface area (Å²) in [4.78, 5) is 24.1. The van der Waals surface area contributed by atoms with Gasteiger partial charge in [0.1, 0.15) is 6.54 Å². The Balaban J connectivity index is 2.33. The van der Waals surface area contributed by atoms with Crippen LogP contribution in [0.25, 0.3) is 0 Å². The zero-order valence-electron chi connectivity index (χ0n) is 12.1. The lowest BCUT2D eigenvalue weighted by atomic mass is 10.0. The zero-order valence-corrected chi connectivity index (χ0v) is 12.1. The van der Waals surface area contributed by atoms with Gasteiger partial charge in [0.25, 0.3) is 0 Å². The molecule has 0 bridgehead atoms. The van der Waals surface area contributed by atoms with Gasteiger partial charge in [0.05, 0.1) is 18.6 Å². The first-order chi connectivity index (χ1) is 10.1. The van der Waals surface area contributed by atoms with Crippen molar-refractivity contribution in [2.24, 2.45) is 0 Å². The predicted octanol–water partition coefficient (Wildman–Crippen LogP) is 1.92. The Morgan fingerprint density at radius 1 is 1.48 bits per heavy atom. The Hall–Kier alpha value is -2.31. The molecule has 0 N–H and O–H groups in total.